The van der Waals surface area contributed by atoms with Crippen molar-refractivity contribution in [2.75, 3.05) is 25.0 Å². The number of halogens is 1. The first-order valence-electron chi connectivity index (χ1n) is 7.15. The fourth-order valence-corrected chi connectivity index (χ4v) is 1.82. The molecular weight excluding hydrogens is 306 g/mol. The largest absolute Gasteiger partial charge is 0.493 e. The Hall–Kier alpha value is -1.79. The van der Waals surface area contributed by atoms with Crippen molar-refractivity contribution in [2.45, 2.75) is 19.3 Å². The lowest BCUT2D eigenvalue weighted by Crippen LogP contribution is -2.29. The lowest BCUT2D eigenvalue weighted by molar-refractivity contribution is -0.118. The number of carbonyl (C=O) groups is 2. The van der Waals surface area contributed by atoms with Crippen molar-refractivity contribution in [1.29, 1.82) is 0 Å². The van der Waals surface area contributed by atoms with E-state index in [2.05, 4.69) is 10.6 Å². The molecule has 1 aliphatic carbocycles. The van der Waals surface area contributed by atoms with Crippen LogP contribution in [0.4, 0.5) is 5.69 Å². The Morgan fingerprint density at radius 3 is 2.50 bits per heavy atom. The average Bonchev–Trinajstić information content (AvgIpc) is 3.24. The molecule has 0 saturated heterocycles. The van der Waals surface area contributed by atoms with Gasteiger partial charge in [-0.2, -0.15) is 0 Å². The number of hydrogen-bond donors (Lipinski definition) is 3. The van der Waals surface area contributed by atoms with Crippen LogP contribution >= 0.6 is 12.4 Å². The van der Waals surface area contributed by atoms with E-state index in [0.29, 0.717) is 12.3 Å². The second-order valence-electron chi connectivity index (χ2n) is 5.21. The van der Waals surface area contributed by atoms with E-state index in [0.717, 1.165) is 18.2 Å². The Kier molecular flexibility index (Phi) is 7.70. The van der Waals surface area contributed by atoms with Crippen LogP contribution in [0.5, 0.6) is 5.75 Å². The van der Waals surface area contributed by atoms with Crippen LogP contribution in [-0.2, 0) is 9.59 Å². The van der Waals surface area contributed by atoms with Crippen molar-refractivity contribution in [2.24, 2.45) is 11.7 Å². The zero-order valence-corrected chi connectivity index (χ0v) is 13.2. The average molecular weight is 328 g/mol. The van der Waals surface area contributed by atoms with Crippen molar-refractivity contribution < 1.29 is 14.3 Å². The molecule has 1 fully saturated rings. The van der Waals surface area contributed by atoms with Gasteiger partial charge in [0.15, 0.2) is 0 Å². The van der Waals surface area contributed by atoms with Crippen LogP contribution in [0.25, 0.3) is 0 Å². The summed E-state index contributed by atoms with van der Waals surface area (Å²) in [4.78, 5) is 22.3. The van der Waals surface area contributed by atoms with E-state index < -0.39 is 5.91 Å². The molecule has 1 aromatic carbocycles. The number of benzene rings is 1. The lowest BCUT2D eigenvalue weighted by atomic mass is 10.3. The highest BCUT2D eigenvalue weighted by atomic mass is 35.5. The molecule has 6 nitrogen and oxygen atoms in total. The van der Waals surface area contributed by atoms with Crippen LogP contribution in [0.1, 0.15) is 19.3 Å². The highest BCUT2D eigenvalue weighted by Gasteiger charge is 2.20. The maximum atomic E-state index is 11.7. The molecular formula is C15H22ClN3O3. The third-order valence-electron chi connectivity index (χ3n) is 3.17. The zero-order chi connectivity index (χ0) is 15.1. The number of hydrogen-bond acceptors (Lipinski definition) is 4. The van der Waals surface area contributed by atoms with Gasteiger partial charge in [0, 0.05) is 5.69 Å². The molecule has 0 unspecified atom stereocenters. The normalized spacial score (nSPS) is 13.1. The summed E-state index contributed by atoms with van der Waals surface area (Å²) in [5.74, 6) is 0.950. The minimum Gasteiger partial charge on any atom is -0.493 e. The summed E-state index contributed by atoms with van der Waals surface area (Å²) in [5.41, 5.74) is 5.74. The summed E-state index contributed by atoms with van der Waals surface area (Å²) in [5, 5.41) is 5.94. The van der Waals surface area contributed by atoms with Crippen LogP contribution in [0.2, 0.25) is 0 Å². The highest BCUT2D eigenvalue weighted by molar-refractivity contribution is 5.92. The van der Waals surface area contributed by atoms with Crippen LogP contribution in [-0.4, -0.2) is 31.5 Å². The van der Waals surface area contributed by atoms with E-state index in [1.807, 2.05) is 0 Å². The monoisotopic (exact) mass is 327 g/mol. The topological polar surface area (TPSA) is 93.5 Å². The van der Waals surface area contributed by atoms with E-state index in [-0.39, 0.29) is 31.3 Å². The van der Waals surface area contributed by atoms with E-state index in [1.165, 1.54) is 12.8 Å². The number of amides is 2. The molecule has 1 aromatic rings. The quantitative estimate of drug-likeness (QED) is 0.637. The molecule has 0 atom stereocenters. The molecule has 0 aliphatic heterocycles. The van der Waals surface area contributed by atoms with Gasteiger partial charge in [-0.15, -0.1) is 12.4 Å². The minimum atomic E-state index is -0.391. The Bertz CT molecular complexity index is 489. The molecule has 4 N–H and O–H groups in total. The van der Waals surface area contributed by atoms with Gasteiger partial charge < -0.3 is 21.1 Å². The van der Waals surface area contributed by atoms with Crippen molar-refractivity contribution in [3.8, 4) is 5.75 Å². The van der Waals surface area contributed by atoms with Gasteiger partial charge >= 0.3 is 0 Å². The third kappa shape index (κ3) is 7.28. The number of primary amides is 1. The number of carbonyl (C=O) groups excluding carboxylic acids is 2. The van der Waals surface area contributed by atoms with E-state index >= 15 is 0 Å². The van der Waals surface area contributed by atoms with Crippen molar-refractivity contribution in [3.63, 3.8) is 0 Å². The molecule has 1 saturated carbocycles. The summed E-state index contributed by atoms with van der Waals surface area (Å²) >= 11 is 0. The van der Waals surface area contributed by atoms with E-state index in [9.17, 15) is 9.59 Å². The van der Waals surface area contributed by atoms with Crippen LogP contribution in [0.15, 0.2) is 24.3 Å². The predicted molar refractivity (Wildman–Crippen MR) is 87.2 cm³/mol. The Morgan fingerprint density at radius 1 is 1.23 bits per heavy atom. The standard InChI is InChI=1S/C15H21N3O3.ClH/c16-14(19)7-8-21-13-5-3-12(4-6-13)18-15(20)10-17-9-11-1-2-11;/h3-6,11,17H,1-2,7-10H2,(H2,16,19)(H,18,20);1H. The van der Waals surface area contributed by atoms with Gasteiger partial charge in [0.2, 0.25) is 11.8 Å². The summed E-state index contributed by atoms with van der Waals surface area (Å²) in [7, 11) is 0. The van der Waals surface area contributed by atoms with E-state index in [4.69, 9.17) is 10.5 Å². The smallest absolute Gasteiger partial charge is 0.238 e. The van der Waals surface area contributed by atoms with Gasteiger partial charge in [0.25, 0.3) is 0 Å². The molecule has 122 valence electrons. The van der Waals surface area contributed by atoms with Crippen LogP contribution in [0, 0.1) is 5.92 Å². The Morgan fingerprint density at radius 2 is 1.91 bits per heavy atom. The van der Waals surface area contributed by atoms with Gasteiger partial charge in [-0.1, -0.05) is 0 Å². The minimum absolute atomic E-state index is 0. The number of nitrogens with two attached hydrogens (primary N) is 1. The number of rotatable bonds is 9. The third-order valence-corrected chi connectivity index (χ3v) is 3.17. The maximum Gasteiger partial charge on any atom is 0.238 e. The number of nitrogens with one attached hydrogen (secondary N) is 2. The molecule has 7 heteroatoms. The zero-order valence-electron chi connectivity index (χ0n) is 12.3. The first-order valence-corrected chi connectivity index (χ1v) is 7.15. The fraction of sp³-hybridized carbons (Fsp3) is 0.467. The summed E-state index contributed by atoms with van der Waals surface area (Å²) < 4.78 is 5.35. The second-order valence-corrected chi connectivity index (χ2v) is 5.21. The van der Waals surface area contributed by atoms with Gasteiger partial charge in [0.1, 0.15) is 5.75 Å². The van der Waals surface area contributed by atoms with Gasteiger partial charge in [-0.25, -0.2) is 0 Å². The molecule has 22 heavy (non-hydrogen) atoms. The molecule has 2 amide bonds. The van der Waals surface area contributed by atoms with Crippen molar-refractivity contribution >= 4 is 29.9 Å². The van der Waals surface area contributed by atoms with Crippen molar-refractivity contribution in [1.82, 2.24) is 5.32 Å². The number of ether oxygens (including phenoxy) is 1. The van der Waals surface area contributed by atoms with E-state index in [1.54, 1.807) is 24.3 Å². The molecule has 0 radical (unpaired) electrons. The second kappa shape index (κ2) is 9.27. The Balaban J connectivity index is 0.00000242. The predicted octanol–water partition coefficient (Wildman–Crippen LogP) is 1.30. The summed E-state index contributed by atoms with van der Waals surface area (Å²) in [6.07, 6.45) is 2.73. The molecule has 0 heterocycles. The lowest BCUT2D eigenvalue weighted by Gasteiger charge is -2.08. The maximum absolute atomic E-state index is 11.7. The molecule has 0 aromatic heterocycles. The van der Waals surface area contributed by atoms with Crippen LogP contribution < -0.4 is 21.1 Å². The van der Waals surface area contributed by atoms with Crippen molar-refractivity contribution in [3.05, 3.63) is 24.3 Å². The van der Waals surface area contributed by atoms with Gasteiger partial charge in [0.05, 0.1) is 19.6 Å². The number of anilines is 1. The highest BCUT2D eigenvalue weighted by Crippen LogP contribution is 2.27. The fourth-order valence-electron chi connectivity index (χ4n) is 1.82. The van der Waals surface area contributed by atoms with Crippen LogP contribution in [0.3, 0.4) is 0 Å². The van der Waals surface area contributed by atoms with Gasteiger partial charge in [-0.3, -0.25) is 9.59 Å². The molecule has 2 rings (SSSR count). The summed E-state index contributed by atoms with van der Waals surface area (Å²) in [6.45, 7) is 1.50. The first kappa shape index (κ1) is 18.3. The molecule has 1 aliphatic rings. The molecule has 0 bridgehead atoms. The molecule has 0 spiro atoms. The summed E-state index contributed by atoms with van der Waals surface area (Å²) in [6, 6.07) is 7.01. The van der Waals surface area contributed by atoms with Gasteiger partial charge in [-0.05, 0) is 49.6 Å². The Labute approximate surface area is 136 Å². The first-order chi connectivity index (χ1) is 10.1. The SMILES string of the molecule is Cl.NC(=O)CCOc1ccc(NC(=O)CNCC2CC2)cc1.